The van der Waals surface area contributed by atoms with Gasteiger partial charge >= 0.3 is 12.5 Å². The van der Waals surface area contributed by atoms with Crippen LogP contribution in [0.4, 0.5) is 17.6 Å². The lowest BCUT2D eigenvalue weighted by molar-refractivity contribution is -0.307. The summed E-state index contributed by atoms with van der Waals surface area (Å²) < 4.78 is 50.8. The first-order valence-corrected chi connectivity index (χ1v) is 3.75. The summed E-state index contributed by atoms with van der Waals surface area (Å²) in [4.78, 5) is 0. The van der Waals surface area contributed by atoms with Gasteiger partial charge in [0.2, 0.25) is 0 Å². The highest BCUT2D eigenvalue weighted by Gasteiger charge is 2.42. The van der Waals surface area contributed by atoms with Crippen molar-refractivity contribution >= 4 is 0 Å². The fourth-order valence-corrected chi connectivity index (χ4v) is 0.452. The smallest absolute Gasteiger partial charge is 0.390 e. The van der Waals surface area contributed by atoms with E-state index in [1.54, 1.807) is 13.8 Å². The summed E-state index contributed by atoms with van der Waals surface area (Å²) in [5, 5.41) is 8.97. The van der Waals surface area contributed by atoms with Crippen molar-refractivity contribution in [3.05, 3.63) is 0 Å². The molecular weight excluding hydrogens is 192 g/mol. The van der Waals surface area contributed by atoms with Crippen LogP contribution in [0.15, 0.2) is 0 Å². The third-order valence-corrected chi connectivity index (χ3v) is 1.47. The van der Waals surface area contributed by atoms with E-state index in [9.17, 15) is 17.6 Å². The first-order chi connectivity index (χ1) is 5.77. The van der Waals surface area contributed by atoms with Crippen LogP contribution in [-0.2, 0) is 4.74 Å². The monoisotopic (exact) mass is 204 g/mol. The van der Waals surface area contributed by atoms with Crippen LogP contribution in [0, 0.1) is 5.92 Å². The van der Waals surface area contributed by atoms with Crippen molar-refractivity contribution in [3.8, 4) is 0 Å². The minimum atomic E-state index is -4.48. The van der Waals surface area contributed by atoms with Crippen LogP contribution in [0.1, 0.15) is 13.8 Å². The summed E-state index contributed by atoms with van der Waals surface area (Å²) in [6, 6.07) is 0. The average molecular weight is 204 g/mol. The lowest BCUT2D eigenvalue weighted by atomic mass is 10.1. The summed E-state index contributed by atoms with van der Waals surface area (Å²) in [5.41, 5.74) is 0. The topological polar surface area (TPSA) is 29.5 Å². The van der Waals surface area contributed by atoms with Gasteiger partial charge in [0, 0.05) is 0 Å². The fraction of sp³-hybridized carbons (Fsp3) is 1.00. The number of hydrogen-bond donors (Lipinski definition) is 1. The summed E-state index contributed by atoms with van der Waals surface area (Å²) in [6.07, 6.45) is -9.51. The van der Waals surface area contributed by atoms with Gasteiger partial charge in [-0.3, -0.25) is 0 Å². The maximum atomic E-state index is 12.1. The minimum Gasteiger partial charge on any atom is -0.390 e. The molecule has 0 aromatic carbocycles. The van der Waals surface area contributed by atoms with E-state index in [1.807, 2.05) is 0 Å². The lowest BCUT2D eigenvalue weighted by Crippen LogP contribution is -2.34. The molecule has 0 fully saturated rings. The molecule has 13 heavy (non-hydrogen) atoms. The quantitative estimate of drug-likeness (QED) is 0.693. The van der Waals surface area contributed by atoms with Gasteiger partial charge in [0.25, 0.3) is 0 Å². The van der Waals surface area contributed by atoms with Gasteiger partial charge in [-0.15, -0.1) is 0 Å². The van der Waals surface area contributed by atoms with Crippen LogP contribution < -0.4 is 0 Å². The Morgan fingerprint density at radius 2 is 1.77 bits per heavy atom. The molecule has 6 heteroatoms. The Hall–Kier alpha value is -0.360. The van der Waals surface area contributed by atoms with Crippen LogP contribution in [0.3, 0.4) is 0 Å². The molecule has 0 rings (SSSR count). The second-order valence-corrected chi connectivity index (χ2v) is 2.98. The lowest BCUT2D eigenvalue weighted by Gasteiger charge is -2.19. The highest BCUT2D eigenvalue weighted by atomic mass is 19.3. The van der Waals surface area contributed by atoms with Crippen molar-refractivity contribution in [2.45, 2.75) is 32.5 Å². The molecule has 0 saturated heterocycles. The van der Waals surface area contributed by atoms with Crippen LogP contribution in [-0.4, -0.2) is 30.4 Å². The zero-order chi connectivity index (χ0) is 10.6. The standard InChI is InChI=1S/C7H12F4O2/c1-4(2)5(12)3-13-7(10,11)6(8)9/h4-6,12H,3H2,1-2H3. The summed E-state index contributed by atoms with van der Waals surface area (Å²) in [7, 11) is 0. The van der Waals surface area contributed by atoms with Crippen LogP contribution in [0.25, 0.3) is 0 Å². The van der Waals surface area contributed by atoms with Crippen LogP contribution in [0.5, 0.6) is 0 Å². The molecule has 2 nitrogen and oxygen atoms in total. The molecule has 1 unspecified atom stereocenters. The molecule has 0 heterocycles. The van der Waals surface area contributed by atoms with E-state index >= 15 is 0 Å². The number of hydrogen-bond acceptors (Lipinski definition) is 2. The van der Waals surface area contributed by atoms with E-state index in [2.05, 4.69) is 4.74 Å². The van der Waals surface area contributed by atoms with Gasteiger partial charge in [-0.2, -0.15) is 8.78 Å². The molecule has 0 aliphatic rings. The highest BCUT2D eigenvalue weighted by Crippen LogP contribution is 2.24. The third-order valence-electron chi connectivity index (χ3n) is 1.47. The molecule has 0 spiro atoms. The van der Waals surface area contributed by atoms with Crippen molar-refractivity contribution in [2.75, 3.05) is 6.61 Å². The van der Waals surface area contributed by atoms with E-state index in [4.69, 9.17) is 5.11 Å². The van der Waals surface area contributed by atoms with Crippen molar-refractivity contribution in [2.24, 2.45) is 5.92 Å². The van der Waals surface area contributed by atoms with E-state index in [1.165, 1.54) is 0 Å². The van der Waals surface area contributed by atoms with E-state index in [0.29, 0.717) is 0 Å². The fourth-order valence-electron chi connectivity index (χ4n) is 0.452. The normalized spacial score (nSPS) is 15.5. The first kappa shape index (κ1) is 12.6. The van der Waals surface area contributed by atoms with Crippen LogP contribution in [0.2, 0.25) is 0 Å². The molecule has 0 bridgehead atoms. The number of aliphatic hydroxyl groups is 1. The van der Waals surface area contributed by atoms with Gasteiger partial charge in [-0.25, -0.2) is 8.78 Å². The number of alkyl halides is 4. The van der Waals surface area contributed by atoms with Crippen LogP contribution >= 0.6 is 0 Å². The molecule has 0 aromatic rings. The Morgan fingerprint density at radius 1 is 1.31 bits per heavy atom. The third kappa shape index (κ3) is 4.42. The number of aliphatic hydroxyl groups excluding tert-OH is 1. The zero-order valence-electron chi connectivity index (χ0n) is 7.31. The Morgan fingerprint density at radius 3 is 2.08 bits per heavy atom. The number of ether oxygens (including phenoxy) is 1. The molecular formula is C7H12F4O2. The molecule has 80 valence electrons. The predicted molar refractivity (Wildman–Crippen MR) is 37.7 cm³/mol. The summed E-state index contributed by atoms with van der Waals surface area (Å²) in [5.74, 6) is -0.312. The summed E-state index contributed by atoms with van der Waals surface area (Å²) in [6.45, 7) is 2.33. The second-order valence-electron chi connectivity index (χ2n) is 2.98. The maximum Gasteiger partial charge on any atom is 0.416 e. The van der Waals surface area contributed by atoms with Gasteiger partial charge in [-0.1, -0.05) is 13.8 Å². The van der Waals surface area contributed by atoms with E-state index in [0.717, 1.165) is 0 Å². The van der Waals surface area contributed by atoms with Gasteiger partial charge in [0.15, 0.2) is 0 Å². The zero-order valence-corrected chi connectivity index (χ0v) is 7.31. The molecule has 0 aromatic heterocycles. The maximum absolute atomic E-state index is 12.1. The van der Waals surface area contributed by atoms with Gasteiger partial charge in [0.05, 0.1) is 12.7 Å². The number of rotatable bonds is 5. The van der Waals surface area contributed by atoms with Crippen molar-refractivity contribution in [3.63, 3.8) is 0 Å². The Bertz CT molecular complexity index is 149. The van der Waals surface area contributed by atoms with Crippen molar-refractivity contribution in [1.29, 1.82) is 0 Å². The van der Waals surface area contributed by atoms with Gasteiger partial charge < -0.3 is 9.84 Å². The highest BCUT2D eigenvalue weighted by molar-refractivity contribution is 4.61. The average Bonchev–Trinajstić information content (AvgIpc) is 1.99. The van der Waals surface area contributed by atoms with Gasteiger partial charge in [0.1, 0.15) is 0 Å². The molecule has 0 aliphatic carbocycles. The SMILES string of the molecule is CC(C)C(O)COC(F)(F)C(F)F. The number of halogens is 4. The predicted octanol–water partition coefficient (Wildman–Crippen LogP) is 1.88. The first-order valence-electron chi connectivity index (χ1n) is 3.75. The molecule has 0 radical (unpaired) electrons. The Balaban J connectivity index is 3.88. The largest absolute Gasteiger partial charge is 0.416 e. The van der Waals surface area contributed by atoms with Crippen molar-refractivity contribution < 1.29 is 27.4 Å². The van der Waals surface area contributed by atoms with E-state index < -0.39 is 25.2 Å². The second kappa shape index (κ2) is 4.76. The Labute approximate surface area is 73.5 Å². The minimum absolute atomic E-state index is 0.312. The molecule has 0 saturated carbocycles. The van der Waals surface area contributed by atoms with Gasteiger partial charge in [-0.05, 0) is 5.92 Å². The Kier molecular flexibility index (Phi) is 4.63. The molecule has 0 aliphatic heterocycles. The van der Waals surface area contributed by atoms with E-state index in [-0.39, 0.29) is 5.92 Å². The van der Waals surface area contributed by atoms with Crippen molar-refractivity contribution in [1.82, 2.24) is 0 Å². The molecule has 1 N–H and O–H groups in total. The summed E-state index contributed by atoms with van der Waals surface area (Å²) >= 11 is 0. The molecule has 0 amide bonds. The molecule has 1 atom stereocenters.